The van der Waals surface area contributed by atoms with Crippen molar-refractivity contribution in [3.05, 3.63) is 28.7 Å². The molecule has 0 bridgehead atoms. The molecular weight excluding hydrogens is 234 g/mol. The Hall–Kier alpha value is -0.510. The number of hydrogen-bond donors (Lipinski definition) is 1. The van der Waals surface area contributed by atoms with Crippen molar-refractivity contribution in [2.75, 3.05) is 7.05 Å². The average Bonchev–Trinajstić information content (AvgIpc) is 2.61. The molecule has 1 unspecified atom stereocenters. The first kappa shape index (κ1) is 13.6. The zero-order valence-electron chi connectivity index (χ0n) is 10.3. The minimum absolute atomic E-state index is 0.551. The van der Waals surface area contributed by atoms with Crippen molar-refractivity contribution in [1.82, 2.24) is 4.72 Å². The topological polar surface area (TPSA) is 12.0 Å². The van der Waals surface area contributed by atoms with Gasteiger partial charge in [0.1, 0.15) is 0 Å². The molecule has 0 aliphatic heterocycles. The van der Waals surface area contributed by atoms with Gasteiger partial charge < -0.3 is 0 Å². The second kappa shape index (κ2) is 6.94. The summed E-state index contributed by atoms with van der Waals surface area (Å²) in [5.41, 5.74) is 1.34. The molecule has 0 spiro atoms. The molecule has 0 saturated carbocycles. The molecule has 1 aromatic heterocycles. The second-order valence-electron chi connectivity index (χ2n) is 3.27. The van der Waals surface area contributed by atoms with E-state index in [1.165, 1.54) is 14.6 Å². The van der Waals surface area contributed by atoms with Gasteiger partial charge in [0.05, 0.1) is 4.21 Å². The summed E-state index contributed by atoms with van der Waals surface area (Å²) >= 11 is 3.51. The number of nitrogens with one attached hydrogen (secondary N) is 1. The molecule has 1 nitrogen and oxygen atoms in total. The third-order valence-electron chi connectivity index (χ3n) is 2.10. The second-order valence-corrected chi connectivity index (χ2v) is 5.66. The monoisotopic (exact) mass is 253 g/mol. The summed E-state index contributed by atoms with van der Waals surface area (Å²) in [7, 11) is 1.95. The van der Waals surface area contributed by atoms with E-state index in [0.29, 0.717) is 5.92 Å². The van der Waals surface area contributed by atoms with Crippen LogP contribution in [0.2, 0.25) is 0 Å². The quantitative estimate of drug-likeness (QED) is 0.768. The molecule has 0 fully saturated rings. The highest BCUT2D eigenvalue weighted by Gasteiger charge is 2.07. The van der Waals surface area contributed by atoms with Gasteiger partial charge >= 0.3 is 0 Å². The summed E-state index contributed by atoms with van der Waals surface area (Å²) in [6.07, 6.45) is 8.93. The lowest BCUT2D eigenvalue weighted by Gasteiger charge is -1.93. The van der Waals surface area contributed by atoms with Gasteiger partial charge in [-0.3, -0.25) is 4.72 Å². The van der Waals surface area contributed by atoms with E-state index in [9.17, 15) is 0 Å². The van der Waals surface area contributed by atoms with Crippen LogP contribution in [0.1, 0.15) is 31.2 Å². The van der Waals surface area contributed by atoms with Gasteiger partial charge in [-0.2, -0.15) is 0 Å². The Labute approximate surface area is 107 Å². The number of hydrogen-bond acceptors (Lipinski definition) is 3. The first-order valence-electron chi connectivity index (χ1n) is 5.63. The normalized spacial score (nSPS) is 17.4. The molecule has 3 heteroatoms. The van der Waals surface area contributed by atoms with Gasteiger partial charge in [0.15, 0.2) is 0 Å². The zero-order chi connectivity index (χ0) is 12.0. The summed E-state index contributed by atoms with van der Waals surface area (Å²) in [6, 6.07) is 2.24. The summed E-state index contributed by atoms with van der Waals surface area (Å²) < 4.78 is 4.42. The van der Waals surface area contributed by atoms with Crippen LogP contribution in [0.25, 0.3) is 12.2 Å². The largest absolute Gasteiger partial charge is 0.262 e. The summed E-state index contributed by atoms with van der Waals surface area (Å²) in [5.74, 6) is 0.551. The van der Waals surface area contributed by atoms with Crippen molar-refractivity contribution >= 4 is 35.4 Å². The zero-order valence-corrected chi connectivity index (χ0v) is 11.9. The Morgan fingerprint density at radius 3 is 2.62 bits per heavy atom. The van der Waals surface area contributed by atoms with Crippen molar-refractivity contribution in [1.29, 1.82) is 0 Å². The van der Waals surface area contributed by atoms with Crippen molar-refractivity contribution in [3.8, 4) is 0 Å². The third kappa shape index (κ3) is 3.51. The Balaban J connectivity index is 0.000000606. The van der Waals surface area contributed by atoms with Gasteiger partial charge in [0.25, 0.3) is 0 Å². The van der Waals surface area contributed by atoms with Crippen LogP contribution < -0.4 is 4.72 Å². The van der Waals surface area contributed by atoms with Gasteiger partial charge in [0, 0.05) is 4.88 Å². The molecule has 16 heavy (non-hydrogen) atoms. The summed E-state index contributed by atoms with van der Waals surface area (Å²) in [6.45, 7) is 6.20. The number of allylic oxidation sites excluding steroid dienone is 2. The van der Waals surface area contributed by atoms with Crippen molar-refractivity contribution < 1.29 is 0 Å². The number of rotatable bonds is 2. The molecule has 1 aromatic rings. The smallest absolute Gasteiger partial charge is 0.0763 e. The lowest BCUT2D eigenvalue weighted by atomic mass is 10.1. The molecule has 1 heterocycles. The van der Waals surface area contributed by atoms with E-state index in [0.717, 1.165) is 0 Å². The maximum Gasteiger partial charge on any atom is 0.0763 e. The number of fused-ring (bicyclic) bond motifs is 1. The van der Waals surface area contributed by atoms with Crippen LogP contribution in [0.3, 0.4) is 0 Å². The highest BCUT2D eigenvalue weighted by atomic mass is 32.2. The Kier molecular flexibility index (Phi) is 5.88. The maximum absolute atomic E-state index is 3.10. The van der Waals surface area contributed by atoms with Gasteiger partial charge in [-0.25, -0.2) is 0 Å². The predicted molar refractivity (Wildman–Crippen MR) is 77.8 cm³/mol. The molecule has 1 aliphatic rings. The van der Waals surface area contributed by atoms with E-state index < -0.39 is 0 Å². The molecule has 88 valence electrons. The first-order chi connectivity index (χ1) is 7.79. The van der Waals surface area contributed by atoms with Crippen LogP contribution >= 0.6 is 23.3 Å². The molecule has 0 radical (unpaired) electrons. The van der Waals surface area contributed by atoms with Gasteiger partial charge in [0.2, 0.25) is 0 Å². The van der Waals surface area contributed by atoms with Crippen molar-refractivity contribution in [3.63, 3.8) is 0 Å². The third-order valence-corrected chi connectivity index (χ3v) is 4.04. The lowest BCUT2D eigenvalue weighted by Crippen LogP contribution is -1.87. The fourth-order valence-corrected chi connectivity index (χ4v) is 3.23. The Morgan fingerprint density at radius 1 is 1.25 bits per heavy atom. The maximum atomic E-state index is 3.10. The molecule has 1 aliphatic carbocycles. The van der Waals surface area contributed by atoms with Crippen LogP contribution in [0, 0.1) is 5.92 Å². The highest BCUT2D eigenvalue weighted by molar-refractivity contribution is 7.99. The van der Waals surface area contributed by atoms with Crippen molar-refractivity contribution in [2.24, 2.45) is 5.92 Å². The van der Waals surface area contributed by atoms with Crippen molar-refractivity contribution in [2.45, 2.75) is 25.0 Å². The molecule has 0 saturated heterocycles. The van der Waals surface area contributed by atoms with E-state index in [2.05, 4.69) is 42.0 Å². The van der Waals surface area contributed by atoms with Crippen LogP contribution in [-0.4, -0.2) is 7.05 Å². The van der Waals surface area contributed by atoms with E-state index in [4.69, 9.17) is 0 Å². The molecule has 1 atom stereocenters. The van der Waals surface area contributed by atoms with E-state index in [1.807, 2.05) is 32.2 Å². The average molecular weight is 253 g/mol. The van der Waals surface area contributed by atoms with E-state index in [1.54, 1.807) is 11.9 Å². The van der Waals surface area contributed by atoms with Crippen LogP contribution in [0.4, 0.5) is 0 Å². The van der Waals surface area contributed by atoms with E-state index in [-0.39, 0.29) is 0 Å². The van der Waals surface area contributed by atoms with Crippen LogP contribution in [0.5, 0.6) is 0 Å². The van der Waals surface area contributed by atoms with Gasteiger partial charge in [-0.1, -0.05) is 39.0 Å². The van der Waals surface area contributed by atoms with Crippen LogP contribution in [0.15, 0.2) is 22.4 Å². The minimum atomic E-state index is 0.551. The standard InChI is InChI=1S/C11H13NS2.C2H6/c1-8-3-5-9-7-11(14-12-2)13-10(9)6-4-8;1-2/h3-8,12H,1-2H3;1-2H3. The Bertz CT molecular complexity index is 346. The highest BCUT2D eigenvalue weighted by Crippen LogP contribution is 2.32. The predicted octanol–water partition coefficient (Wildman–Crippen LogP) is 4.68. The van der Waals surface area contributed by atoms with Gasteiger partial charge in [-0.05, 0) is 42.6 Å². The van der Waals surface area contributed by atoms with Gasteiger partial charge in [-0.15, -0.1) is 11.3 Å². The fourth-order valence-electron chi connectivity index (χ4n) is 1.37. The molecule has 2 rings (SSSR count). The first-order valence-corrected chi connectivity index (χ1v) is 7.26. The summed E-state index contributed by atoms with van der Waals surface area (Å²) in [4.78, 5) is 1.36. The lowest BCUT2D eigenvalue weighted by molar-refractivity contribution is 0.954. The molecule has 0 amide bonds. The molecule has 0 aromatic carbocycles. The minimum Gasteiger partial charge on any atom is -0.262 e. The Morgan fingerprint density at radius 2 is 1.94 bits per heavy atom. The molecule has 1 N–H and O–H groups in total. The van der Waals surface area contributed by atoms with E-state index >= 15 is 0 Å². The van der Waals surface area contributed by atoms with Crippen LogP contribution in [-0.2, 0) is 0 Å². The fraction of sp³-hybridized carbons (Fsp3) is 0.385. The number of thiophene rings is 1. The molecular formula is C13H19NS2. The SMILES string of the molecule is CC.CNSc1cc2c(s1)C=CC(C)C=C2. The summed E-state index contributed by atoms with van der Waals surface area (Å²) in [5, 5.41) is 0.